The van der Waals surface area contributed by atoms with E-state index in [1.54, 1.807) is 37.3 Å². The Balaban J connectivity index is 1.94. The number of rotatable bonds is 7. The van der Waals surface area contributed by atoms with Gasteiger partial charge in [-0.3, -0.25) is 14.2 Å². The van der Waals surface area contributed by atoms with Gasteiger partial charge < -0.3 is 14.6 Å². The number of aromatic amines is 1. The van der Waals surface area contributed by atoms with Gasteiger partial charge in [0.25, 0.3) is 11.5 Å². The van der Waals surface area contributed by atoms with Gasteiger partial charge in [0.15, 0.2) is 4.77 Å². The lowest BCUT2D eigenvalue weighted by Gasteiger charge is -2.19. The van der Waals surface area contributed by atoms with Crippen LogP contribution < -0.4 is 10.5 Å². The molecule has 0 radical (unpaired) electrons. The minimum absolute atomic E-state index is 0.151. The van der Waals surface area contributed by atoms with Crippen LogP contribution in [0.2, 0.25) is 0 Å². The van der Waals surface area contributed by atoms with E-state index in [-0.39, 0.29) is 11.5 Å². The third-order valence-corrected chi connectivity index (χ3v) is 5.51. The van der Waals surface area contributed by atoms with Gasteiger partial charge in [0, 0.05) is 38.6 Å². The lowest BCUT2D eigenvalue weighted by Crippen LogP contribution is -2.27. The maximum atomic E-state index is 13.1. The van der Waals surface area contributed by atoms with Crippen molar-refractivity contribution in [1.29, 1.82) is 0 Å². The number of amides is 1. The number of nitrogens with zero attached hydrogens (tertiary/aromatic N) is 2. The van der Waals surface area contributed by atoms with Crippen LogP contribution in [-0.2, 0) is 11.3 Å². The minimum atomic E-state index is -0.165. The number of aromatic nitrogens is 2. The summed E-state index contributed by atoms with van der Waals surface area (Å²) >= 11 is 5.36. The standard InChI is InChI=1S/C23H27N3O3S/c1-15(2)16-7-5-8-18(13-16)25(3)21(27)17-9-10-19-20(14-17)24-23(30)26(22(19)28)11-6-12-29-4/h5,7-10,13-15H,6,11-12H2,1-4H3,(H,24,30). The van der Waals surface area contributed by atoms with Crippen molar-refractivity contribution in [2.24, 2.45) is 0 Å². The van der Waals surface area contributed by atoms with Crippen molar-refractivity contribution in [2.45, 2.75) is 32.7 Å². The van der Waals surface area contributed by atoms with Crippen LogP contribution >= 0.6 is 12.2 Å². The number of hydrogen-bond acceptors (Lipinski definition) is 4. The second kappa shape index (κ2) is 9.36. The molecule has 1 aromatic heterocycles. The summed E-state index contributed by atoms with van der Waals surface area (Å²) in [6.45, 7) is 5.27. The molecule has 7 heteroatoms. The van der Waals surface area contributed by atoms with Crippen molar-refractivity contribution >= 4 is 34.7 Å². The molecule has 1 heterocycles. The van der Waals surface area contributed by atoms with Gasteiger partial charge in [0.1, 0.15) is 0 Å². The van der Waals surface area contributed by atoms with Crippen molar-refractivity contribution in [2.75, 3.05) is 25.7 Å². The smallest absolute Gasteiger partial charge is 0.262 e. The largest absolute Gasteiger partial charge is 0.385 e. The van der Waals surface area contributed by atoms with E-state index in [9.17, 15) is 9.59 Å². The number of hydrogen-bond donors (Lipinski definition) is 1. The molecule has 0 aliphatic carbocycles. The van der Waals surface area contributed by atoms with E-state index in [2.05, 4.69) is 24.9 Å². The normalized spacial score (nSPS) is 11.2. The molecule has 0 spiro atoms. The van der Waals surface area contributed by atoms with Gasteiger partial charge in [0.2, 0.25) is 0 Å². The Hall–Kier alpha value is -2.77. The molecule has 0 aliphatic rings. The topological polar surface area (TPSA) is 67.3 Å². The van der Waals surface area contributed by atoms with Crippen LogP contribution in [0, 0.1) is 4.77 Å². The summed E-state index contributed by atoms with van der Waals surface area (Å²) < 4.78 is 6.92. The Bertz CT molecular complexity index is 1180. The summed E-state index contributed by atoms with van der Waals surface area (Å²) in [7, 11) is 3.38. The highest BCUT2D eigenvalue weighted by Gasteiger charge is 2.16. The quantitative estimate of drug-likeness (QED) is 0.447. The maximum Gasteiger partial charge on any atom is 0.262 e. The summed E-state index contributed by atoms with van der Waals surface area (Å²) in [5.74, 6) is 0.224. The molecular formula is C23H27N3O3S. The summed E-state index contributed by atoms with van der Waals surface area (Å²) in [5.41, 5.74) is 2.88. The molecule has 0 bridgehead atoms. The van der Waals surface area contributed by atoms with E-state index in [0.29, 0.717) is 46.7 Å². The maximum absolute atomic E-state index is 13.1. The molecule has 3 rings (SSSR count). The van der Waals surface area contributed by atoms with Crippen LogP contribution in [0.4, 0.5) is 5.69 Å². The van der Waals surface area contributed by atoms with Gasteiger partial charge in [-0.1, -0.05) is 26.0 Å². The van der Waals surface area contributed by atoms with Crippen molar-refractivity contribution in [3.8, 4) is 0 Å². The van der Waals surface area contributed by atoms with Gasteiger partial charge in [0.05, 0.1) is 10.9 Å². The van der Waals surface area contributed by atoms with Crippen molar-refractivity contribution in [1.82, 2.24) is 9.55 Å². The first-order valence-corrected chi connectivity index (χ1v) is 10.4. The Kier molecular flexibility index (Phi) is 6.84. The van der Waals surface area contributed by atoms with E-state index in [0.717, 1.165) is 5.69 Å². The zero-order valence-corrected chi connectivity index (χ0v) is 18.6. The molecule has 1 N–H and O–H groups in total. The van der Waals surface area contributed by atoms with Crippen LogP contribution in [0.3, 0.4) is 0 Å². The third kappa shape index (κ3) is 4.52. The molecule has 0 unspecified atom stereocenters. The van der Waals surface area contributed by atoms with Gasteiger partial charge in [-0.15, -0.1) is 0 Å². The molecule has 0 saturated heterocycles. The SMILES string of the molecule is COCCCn1c(=S)[nH]c2cc(C(=O)N(C)c3cccc(C(C)C)c3)ccc2c1=O. The van der Waals surface area contributed by atoms with Gasteiger partial charge >= 0.3 is 0 Å². The minimum Gasteiger partial charge on any atom is -0.385 e. The average molecular weight is 426 g/mol. The zero-order valence-electron chi connectivity index (χ0n) is 17.8. The molecule has 0 aliphatic heterocycles. The summed E-state index contributed by atoms with van der Waals surface area (Å²) in [4.78, 5) is 30.6. The number of carbonyl (C=O) groups is 1. The van der Waals surface area contributed by atoms with Gasteiger partial charge in [-0.2, -0.15) is 0 Å². The fraction of sp³-hybridized carbons (Fsp3) is 0.348. The monoisotopic (exact) mass is 425 g/mol. The van der Waals surface area contributed by atoms with Crippen molar-refractivity contribution in [3.63, 3.8) is 0 Å². The first-order valence-electron chi connectivity index (χ1n) is 9.97. The number of H-pyrrole nitrogens is 1. The van der Waals surface area contributed by atoms with Crippen molar-refractivity contribution in [3.05, 3.63) is 68.7 Å². The fourth-order valence-electron chi connectivity index (χ4n) is 3.36. The molecule has 0 saturated carbocycles. The lowest BCUT2D eigenvalue weighted by atomic mass is 10.0. The van der Waals surface area contributed by atoms with Gasteiger partial charge in [-0.05, 0) is 60.5 Å². The molecule has 30 heavy (non-hydrogen) atoms. The summed E-state index contributed by atoms with van der Waals surface area (Å²) in [6, 6.07) is 13.0. The van der Waals surface area contributed by atoms with E-state index >= 15 is 0 Å². The van der Waals surface area contributed by atoms with Crippen LogP contribution in [0.5, 0.6) is 0 Å². The number of ether oxygens (including phenoxy) is 1. The molecule has 3 aromatic rings. The van der Waals surface area contributed by atoms with Crippen LogP contribution in [0.1, 0.15) is 42.1 Å². The molecular weight excluding hydrogens is 398 g/mol. The summed E-state index contributed by atoms with van der Waals surface area (Å²) in [6.07, 6.45) is 0.691. The Morgan fingerprint density at radius 1 is 1.23 bits per heavy atom. The van der Waals surface area contributed by atoms with Gasteiger partial charge in [-0.25, -0.2) is 0 Å². The van der Waals surface area contributed by atoms with Crippen LogP contribution in [-0.4, -0.2) is 36.2 Å². The van der Waals surface area contributed by atoms with E-state index < -0.39 is 0 Å². The molecule has 6 nitrogen and oxygen atoms in total. The van der Waals surface area contributed by atoms with E-state index in [4.69, 9.17) is 17.0 Å². The number of benzene rings is 2. The number of fused-ring (bicyclic) bond motifs is 1. The fourth-order valence-corrected chi connectivity index (χ4v) is 3.65. The molecule has 0 fully saturated rings. The summed E-state index contributed by atoms with van der Waals surface area (Å²) in [5, 5.41) is 0.502. The molecule has 158 valence electrons. The third-order valence-electron chi connectivity index (χ3n) is 5.19. The number of anilines is 1. The van der Waals surface area contributed by atoms with E-state index in [1.165, 1.54) is 10.1 Å². The number of nitrogens with one attached hydrogen (secondary N) is 1. The van der Waals surface area contributed by atoms with Crippen LogP contribution in [0.25, 0.3) is 10.9 Å². The lowest BCUT2D eigenvalue weighted by molar-refractivity contribution is 0.0993. The highest BCUT2D eigenvalue weighted by molar-refractivity contribution is 7.71. The number of methoxy groups -OCH3 is 1. The van der Waals surface area contributed by atoms with E-state index in [1.807, 2.05) is 18.2 Å². The molecule has 0 atom stereocenters. The average Bonchev–Trinajstić information content (AvgIpc) is 2.74. The van der Waals surface area contributed by atoms with Crippen molar-refractivity contribution < 1.29 is 9.53 Å². The van der Waals surface area contributed by atoms with Crippen LogP contribution in [0.15, 0.2) is 47.3 Å². The Labute approximate surface area is 181 Å². The molecule has 2 aromatic carbocycles. The molecule has 1 amide bonds. The predicted molar refractivity (Wildman–Crippen MR) is 123 cm³/mol. The number of carbonyl (C=O) groups excluding carboxylic acids is 1. The first kappa shape index (κ1) is 21.9. The second-order valence-electron chi connectivity index (χ2n) is 7.61. The second-order valence-corrected chi connectivity index (χ2v) is 7.99. The predicted octanol–water partition coefficient (Wildman–Crippen LogP) is 4.50. The highest BCUT2D eigenvalue weighted by Crippen LogP contribution is 2.22. The highest BCUT2D eigenvalue weighted by atomic mass is 32.1. The zero-order chi connectivity index (χ0) is 21.8. The Morgan fingerprint density at radius 2 is 2.00 bits per heavy atom. The first-order chi connectivity index (χ1) is 14.3. The Morgan fingerprint density at radius 3 is 2.70 bits per heavy atom.